The second-order valence-electron chi connectivity index (χ2n) is 4.59. The number of amides is 2. The number of hydrogen-bond acceptors (Lipinski definition) is 4. The van der Waals surface area contributed by atoms with Gasteiger partial charge in [0.1, 0.15) is 0 Å². The van der Waals surface area contributed by atoms with Crippen LogP contribution < -0.4 is 10.6 Å². The third kappa shape index (κ3) is 4.68. The summed E-state index contributed by atoms with van der Waals surface area (Å²) < 4.78 is 24.9. The highest BCUT2D eigenvalue weighted by molar-refractivity contribution is 7.89. The van der Waals surface area contributed by atoms with Crippen LogP contribution in [0.3, 0.4) is 0 Å². The van der Waals surface area contributed by atoms with Crippen molar-refractivity contribution in [3.8, 4) is 0 Å². The van der Waals surface area contributed by atoms with Gasteiger partial charge in [-0.15, -0.1) is 6.58 Å². The Labute approximate surface area is 130 Å². The zero-order chi connectivity index (χ0) is 16.8. The number of rotatable bonds is 7. The maximum Gasteiger partial charge on any atom is 0.251 e. The minimum Gasteiger partial charge on any atom is -0.351 e. The minimum absolute atomic E-state index is 0.0952. The Morgan fingerprint density at radius 3 is 2.27 bits per heavy atom. The van der Waals surface area contributed by atoms with Gasteiger partial charge in [0, 0.05) is 26.2 Å². The Morgan fingerprint density at radius 1 is 1.18 bits per heavy atom. The van der Waals surface area contributed by atoms with Crippen LogP contribution in [0.1, 0.15) is 10.4 Å². The lowest BCUT2D eigenvalue weighted by molar-refractivity contribution is -0.119. The van der Waals surface area contributed by atoms with Crippen molar-refractivity contribution in [2.24, 2.45) is 0 Å². The number of benzene rings is 1. The van der Waals surface area contributed by atoms with E-state index >= 15 is 0 Å². The summed E-state index contributed by atoms with van der Waals surface area (Å²) in [6.45, 7) is 3.62. The van der Waals surface area contributed by atoms with Crippen LogP contribution in [-0.2, 0) is 14.8 Å². The summed E-state index contributed by atoms with van der Waals surface area (Å²) in [5.74, 6) is -0.789. The molecule has 0 aliphatic carbocycles. The van der Waals surface area contributed by atoms with E-state index in [9.17, 15) is 18.0 Å². The molecule has 0 heterocycles. The normalized spacial score (nSPS) is 11.0. The van der Waals surface area contributed by atoms with Gasteiger partial charge in [-0.2, -0.15) is 0 Å². The Bertz CT molecular complexity index is 651. The monoisotopic (exact) mass is 325 g/mol. The summed E-state index contributed by atoms with van der Waals surface area (Å²) >= 11 is 0. The largest absolute Gasteiger partial charge is 0.351 e. The summed E-state index contributed by atoms with van der Waals surface area (Å²) in [7, 11) is -0.670. The third-order valence-electron chi connectivity index (χ3n) is 2.75. The van der Waals surface area contributed by atoms with Crippen molar-refractivity contribution in [2.75, 3.05) is 27.2 Å². The highest BCUT2D eigenvalue weighted by Gasteiger charge is 2.17. The first-order valence-electron chi connectivity index (χ1n) is 6.47. The third-order valence-corrected chi connectivity index (χ3v) is 4.58. The van der Waals surface area contributed by atoms with Crippen LogP contribution in [0.25, 0.3) is 0 Å². The van der Waals surface area contributed by atoms with Gasteiger partial charge >= 0.3 is 0 Å². The van der Waals surface area contributed by atoms with Crippen LogP contribution in [-0.4, -0.2) is 51.7 Å². The molecule has 0 bridgehead atoms. The first-order chi connectivity index (χ1) is 10.3. The average Bonchev–Trinajstić information content (AvgIpc) is 2.50. The van der Waals surface area contributed by atoms with Crippen molar-refractivity contribution in [3.05, 3.63) is 42.5 Å². The Hall–Kier alpha value is -2.19. The molecule has 1 aromatic carbocycles. The molecule has 0 saturated heterocycles. The molecule has 0 spiro atoms. The molecule has 7 nitrogen and oxygen atoms in total. The molecular formula is C14H19N3O4S. The summed E-state index contributed by atoms with van der Waals surface area (Å²) in [5, 5.41) is 4.97. The maximum absolute atomic E-state index is 11.9. The van der Waals surface area contributed by atoms with E-state index in [1.807, 2.05) is 0 Å². The summed E-state index contributed by atoms with van der Waals surface area (Å²) in [6.07, 6.45) is 1.53. The SMILES string of the molecule is C=CCNC(=O)CNC(=O)c1ccc(S(=O)(=O)N(C)C)cc1. The Morgan fingerprint density at radius 2 is 1.77 bits per heavy atom. The number of nitrogens with zero attached hydrogens (tertiary/aromatic N) is 1. The molecule has 0 unspecified atom stereocenters. The van der Waals surface area contributed by atoms with Crippen molar-refractivity contribution >= 4 is 21.8 Å². The van der Waals surface area contributed by atoms with Crippen LogP contribution in [0, 0.1) is 0 Å². The van der Waals surface area contributed by atoms with Gasteiger partial charge < -0.3 is 10.6 Å². The molecule has 0 atom stereocenters. The topological polar surface area (TPSA) is 95.6 Å². The summed E-state index contributed by atoms with van der Waals surface area (Å²) in [5.41, 5.74) is 0.272. The first-order valence-corrected chi connectivity index (χ1v) is 7.91. The molecule has 1 aromatic rings. The summed E-state index contributed by atoms with van der Waals surface area (Å²) in [6, 6.07) is 5.49. The van der Waals surface area contributed by atoms with Crippen LogP contribution in [0.15, 0.2) is 41.8 Å². The number of carbonyl (C=O) groups excluding carboxylic acids is 2. The van der Waals surface area contributed by atoms with Gasteiger partial charge in [0.15, 0.2) is 0 Å². The van der Waals surface area contributed by atoms with Crippen molar-refractivity contribution in [2.45, 2.75) is 4.90 Å². The fourth-order valence-corrected chi connectivity index (χ4v) is 2.40. The zero-order valence-electron chi connectivity index (χ0n) is 12.5. The summed E-state index contributed by atoms with van der Waals surface area (Å²) in [4.78, 5) is 23.3. The van der Waals surface area contributed by atoms with Gasteiger partial charge in [-0.3, -0.25) is 9.59 Å². The fourth-order valence-electron chi connectivity index (χ4n) is 1.50. The van der Waals surface area contributed by atoms with E-state index in [4.69, 9.17) is 0 Å². The minimum atomic E-state index is -3.53. The Balaban J connectivity index is 2.69. The molecule has 0 radical (unpaired) electrons. The molecular weight excluding hydrogens is 306 g/mol. The smallest absolute Gasteiger partial charge is 0.251 e. The van der Waals surface area contributed by atoms with E-state index in [1.165, 1.54) is 44.4 Å². The molecule has 0 aromatic heterocycles. The molecule has 0 aliphatic heterocycles. The van der Waals surface area contributed by atoms with Crippen molar-refractivity contribution in [1.82, 2.24) is 14.9 Å². The standard InChI is InChI=1S/C14H19N3O4S/c1-4-9-15-13(18)10-16-14(19)11-5-7-12(8-6-11)22(20,21)17(2)3/h4-8H,1,9-10H2,2-3H3,(H,15,18)(H,16,19). The predicted molar refractivity (Wildman–Crippen MR) is 82.9 cm³/mol. The van der Waals surface area contributed by atoms with Gasteiger partial charge in [0.05, 0.1) is 11.4 Å². The van der Waals surface area contributed by atoms with E-state index in [0.29, 0.717) is 6.54 Å². The zero-order valence-corrected chi connectivity index (χ0v) is 13.3. The molecule has 1 rings (SSSR count). The molecule has 0 fully saturated rings. The van der Waals surface area contributed by atoms with Crippen molar-refractivity contribution in [3.63, 3.8) is 0 Å². The fraction of sp³-hybridized carbons (Fsp3) is 0.286. The van der Waals surface area contributed by atoms with Crippen LogP contribution >= 0.6 is 0 Å². The highest BCUT2D eigenvalue weighted by atomic mass is 32.2. The van der Waals surface area contributed by atoms with E-state index in [0.717, 1.165) is 4.31 Å². The van der Waals surface area contributed by atoms with E-state index in [1.54, 1.807) is 0 Å². The van der Waals surface area contributed by atoms with Crippen LogP contribution in [0.5, 0.6) is 0 Å². The van der Waals surface area contributed by atoms with Gasteiger partial charge in [-0.1, -0.05) is 6.08 Å². The molecule has 0 aliphatic rings. The second kappa shape index (κ2) is 7.71. The lowest BCUT2D eigenvalue weighted by Gasteiger charge is -2.11. The van der Waals surface area contributed by atoms with Gasteiger partial charge in [-0.05, 0) is 24.3 Å². The maximum atomic E-state index is 11.9. The Kier molecular flexibility index (Phi) is 6.26. The van der Waals surface area contributed by atoms with Gasteiger partial charge in [-0.25, -0.2) is 12.7 Å². The molecule has 120 valence electrons. The molecule has 22 heavy (non-hydrogen) atoms. The van der Waals surface area contributed by atoms with Crippen LogP contribution in [0.4, 0.5) is 0 Å². The number of nitrogens with one attached hydrogen (secondary N) is 2. The quantitative estimate of drug-likeness (QED) is 0.688. The lowest BCUT2D eigenvalue weighted by Crippen LogP contribution is -2.36. The number of hydrogen-bond donors (Lipinski definition) is 2. The first kappa shape index (κ1) is 17.9. The predicted octanol–water partition coefficient (Wildman–Crippen LogP) is -0.0311. The molecule has 8 heteroatoms. The lowest BCUT2D eigenvalue weighted by atomic mass is 10.2. The number of sulfonamides is 1. The van der Waals surface area contributed by atoms with Crippen LogP contribution in [0.2, 0.25) is 0 Å². The van der Waals surface area contributed by atoms with E-state index < -0.39 is 15.9 Å². The highest BCUT2D eigenvalue weighted by Crippen LogP contribution is 2.13. The van der Waals surface area contributed by atoms with Crippen molar-refractivity contribution < 1.29 is 18.0 Å². The molecule has 2 N–H and O–H groups in total. The van der Waals surface area contributed by atoms with Gasteiger partial charge in [0.25, 0.3) is 5.91 Å². The van der Waals surface area contributed by atoms with Crippen molar-refractivity contribution in [1.29, 1.82) is 0 Å². The molecule has 2 amide bonds. The number of carbonyl (C=O) groups is 2. The average molecular weight is 325 g/mol. The van der Waals surface area contributed by atoms with E-state index in [2.05, 4.69) is 17.2 Å². The second-order valence-corrected chi connectivity index (χ2v) is 6.74. The van der Waals surface area contributed by atoms with Gasteiger partial charge in [0.2, 0.25) is 15.9 Å². The van der Waals surface area contributed by atoms with E-state index in [-0.39, 0.29) is 22.9 Å². The molecule has 0 saturated carbocycles.